The van der Waals surface area contributed by atoms with E-state index in [1.807, 2.05) is 30.0 Å². The third-order valence-corrected chi connectivity index (χ3v) is 3.44. The van der Waals surface area contributed by atoms with Gasteiger partial charge in [-0.3, -0.25) is 0 Å². The van der Waals surface area contributed by atoms with Crippen LogP contribution in [0.15, 0.2) is 24.5 Å². The fraction of sp³-hybridized carbons (Fsp3) is 0.385. The number of rotatable bonds is 5. The fourth-order valence-electron chi connectivity index (χ4n) is 1.79. The van der Waals surface area contributed by atoms with Crippen molar-refractivity contribution < 1.29 is 0 Å². The van der Waals surface area contributed by atoms with Gasteiger partial charge in [-0.15, -0.1) is 0 Å². The summed E-state index contributed by atoms with van der Waals surface area (Å²) < 4.78 is 0. The molecular weight excluding hydrogens is 244 g/mol. The second-order valence-electron chi connectivity index (χ2n) is 4.33. The number of nitrogens with one attached hydrogen (secondary N) is 1. The molecule has 1 aromatic heterocycles. The minimum Gasteiger partial charge on any atom is -0.399 e. The van der Waals surface area contributed by atoms with E-state index in [4.69, 9.17) is 5.73 Å². The molecule has 0 amide bonds. The fourth-order valence-corrected chi connectivity index (χ4v) is 2.38. The molecule has 1 atom stereocenters. The maximum atomic E-state index is 5.76. The molecule has 4 nitrogen and oxygen atoms in total. The van der Waals surface area contributed by atoms with Gasteiger partial charge in [-0.1, -0.05) is 0 Å². The third kappa shape index (κ3) is 3.04. The number of hydrogen-bond donors (Lipinski definition) is 2. The average molecular weight is 262 g/mol. The van der Waals surface area contributed by atoms with Crippen LogP contribution in [0.5, 0.6) is 0 Å². The van der Waals surface area contributed by atoms with Crippen molar-refractivity contribution in [1.29, 1.82) is 0 Å². The molecule has 2 aromatic rings. The number of nitrogens with zero attached hydrogens (tertiary/aromatic N) is 2. The summed E-state index contributed by atoms with van der Waals surface area (Å²) in [5, 5.41) is 4.45. The van der Waals surface area contributed by atoms with Gasteiger partial charge in [-0.25, -0.2) is 9.97 Å². The summed E-state index contributed by atoms with van der Waals surface area (Å²) in [5.74, 6) is 2.03. The van der Waals surface area contributed by atoms with Crippen LogP contribution in [-0.2, 0) is 0 Å². The second-order valence-corrected chi connectivity index (χ2v) is 5.31. The highest BCUT2D eigenvalue weighted by atomic mass is 32.2. The number of anilines is 2. The lowest BCUT2D eigenvalue weighted by molar-refractivity contribution is 0.768. The zero-order chi connectivity index (χ0) is 13.0. The smallest absolute Gasteiger partial charge is 0.137 e. The van der Waals surface area contributed by atoms with Crippen LogP contribution in [0, 0.1) is 0 Å². The third-order valence-electron chi connectivity index (χ3n) is 2.80. The summed E-state index contributed by atoms with van der Waals surface area (Å²) in [7, 11) is 0. The molecule has 96 valence electrons. The van der Waals surface area contributed by atoms with Gasteiger partial charge in [0.05, 0.1) is 5.52 Å². The maximum absolute atomic E-state index is 5.76. The van der Waals surface area contributed by atoms with E-state index >= 15 is 0 Å². The predicted octanol–water partition coefficient (Wildman–Crippen LogP) is 2.77. The standard InChI is InChI=1S/C13H18N4S/c1-9(5-6-18-2)17-13-11-4-3-10(14)7-12(11)15-8-16-13/h3-4,7-9H,5-6,14H2,1-2H3,(H,15,16,17). The molecule has 5 heteroatoms. The maximum Gasteiger partial charge on any atom is 0.137 e. The molecule has 0 fully saturated rings. The van der Waals surface area contributed by atoms with Gasteiger partial charge >= 0.3 is 0 Å². The molecule has 1 aromatic carbocycles. The van der Waals surface area contributed by atoms with Crippen molar-refractivity contribution in [3.8, 4) is 0 Å². The highest BCUT2D eigenvalue weighted by Crippen LogP contribution is 2.22. The van der Waals surface area contributed by atoms with Gasteiger partial charge in [-0.2, -0.15) is 11.8 Å². The summed E-state index contributed by atoms with van der Waals surface area (Å²) in [6.45, 7) is 2.17. The van der Waals surface area contributed by atoms with Crippen LogP contribution >= 0.6 is 11.8 Å². The molecule has 0 saturated heterocycles. The molecular formula is C13H18N4S. The summed E-state index contributed by atoms with van der Waals surface area (Å²) in [5.41, 5.74) is 7.36. The molecule has 1 unspecified atom stereocenters. The Labute approximate surface area is 111 Å². The first-order chi connectivity index (χ1) is 8.70. The van der Waals surface area contributed by atoms with Crippen LogP contribution in [-0.4, -0.2) is 28.0 Å². The molecule has 18 heavy (non-hydrogen) atoms. The van der Waals surface area contributed by atoms with Gasteiger partial charge in [-0.05, 0) is 43.6 Å². The summed E-state index contributed by atoms with van der Waals surface area (Å²) >= 11 is 1.86. The summed E-state index contributed by atoms with van der Waals surface area (Å²) in [6.07, 6.45) is 4.81. The Morgan fingerprint density at radius 1 is 1.39 bits per heavy atom. The molecule has 2 rings (SSSR count). The molecule has 0 bridgehead atoms. The van der Waals surface area contributed by atoms with Gasteiger partial charge in [0.15, 0.2) is 0 Å². The second kappa shape index (κ2) is 5.91. The van der Waals surface area contributed by atoms with Crippen LogP contribution < -0.4 is 11.1 Å². The molecule has 0 aliphatic carbocycles. The zero-order valence-electron chi connectivity index (χ0n) is 10.7. The monoisotopic (exact) mass is 262 g/mol. The molecule has 0 aliphatic rings. The van der Waals surface area contributed by atoms with Crippen LogP contribution in [0.25, 0.3) is 10.9 Å². The lowest BCUT2D eigenvalue weighted by Crippen LogP contribution is -2.17. The van der Waals surface area contributed by atoms with E-state index in [9.17, 15) is 0 Å². The number of aromatic nitrogens is 2. The first-order valence-corrected chi connectivity index (χ1v) is 7.36. The van der Waals surface area contributed by atoms with Gasteiger partial charge in [0.25, 0.3) is 0 Å². The minimum absolute atomic E-state index is 0.396. The Hall–Kier alpha value is -1.49. The van der Waals surface area contributed by atoms with Crippen molar-refractivity contribution in [3.63, 3.8) is 0 Å². The lowest BCUT2D eigenvalue weighted by Gasteiger charge is -2.15. The van der Waals surface area contributed by atoms with E-state index in [1.165, 1.54) is 0 Å². The summed E-state index contributed by atoms with van der Waals surface area (Å²) in [4.78, 5) is 8.55. The summed E-state index contributed by atoms with van der Waals surface area (Å²) in [6, 6.07) is 6.11. The lowest BCUT2D eigenvalue weighted by atomic mass is 10.2. The molecule has 1 heterocycles. The molecule has 0 radical (unpaired) electrons. The number of fused-ring (bicyclic) bond motifs is 1. The Morgan fingerprint density at radius 3 is 3.00 bits per heavy atom. The number of hydrogen-bond acceptors (Lipinski definition) is 5. The van der Waals surface area contributed by atoms with Gasteiger partial charge in [0, 0.05) is 17.1 Å². The van der Waals surface area contributed by atoms with E-state index in [0.29, 0.717) is 6.04 Å². The minimum atomic E-state index is 0.396. The molecule has 3 N–H and O–H groups in total. The molecule has 0 spiro atoms. The SMILES string of the molecule is CSCCC(C)Nc1ncnc2cc(N)ccc12. The van der Waals surface area contributed by atoms with E-state index in [-0.39, 0.29) is 0 Å². The van der Waals surface area contributed by atoms with E-state index in [2.05, 4.69) is 28.5 Å². The van der Waals surface area contributed by atoms with Crippen LogP contribution in [0.3, 0.4) is 0 Å². The van der Waals surface area contributed by atoms with Crippen molar-refractivity contribution in [1.82, 2.24) is 9.97 Å². The molecule has 0 aliphatic heterocycles. The van der Waals surface area contributed by atoms with Gasteiger partial charge < -0.3 is 11.1 Å². The predicted molar refractivity (Wildman–Crippen MR) is 80.0 cm³/mol. The highest BCUT2D eigenvalue weighted by Gasteiger charge is 2.07. The van der Waals surface area contributed by atoms with Crippen LogP contribution in [0.4, 0.5) is 11.5 Å². The van der Waals surface area contributed by atoms with E-state index in [0.717, 1.165) is 34.6 Å². The van der Waals surface area contributed by atoms with Gasteiger partial charge in [0.2, 0.25) is 0 Å². The zero-order valence-corrected chi connectivity index (χ0v) is 11.5. The first kappa shape index (κ1) is 13.0. The van der Waals surface area contributed by atoms with Gasteiger partial charge in [0.1, 0.15) is 12.1 Å². The van der Waals surface area contributed by atoms with E-state index in [1.54, 1.807) is 6.33 Å². The number of benzene rings is 1. The van der Waals surface area contributed by atoms with Crippen molar-refractivity contribution in [3.05, 3.63) is 24.5 Å². The van der Waals surface area contributed by atoms with Crippen LogP contribution in [0.2, 0.25) is 0 Å². The van der Waals surface area contributed by atoms with Crippen molar-refractivity contribution in [2.45, 2.75) is 19.4 Å². The Balaban J connectivity index is 2.22. The Kier molecular flexibility index (Phi) is 4.25. The van der Waals surface area contributed by atoms with Crippen molar-refractivity contribution in [2.75, 3.05) is 23.1 Å². The number of nitrogens with two attached hydrogens (primary N) is 1. The van der Waals surface area contributed by atoms with Crippen LogP contribution in [0.1, 0.15) is 13.3 Å². The Bertz CT molecular complexity index is 529. The highest BCUT2D eigenvalue weighted by molar-refractivity contribution is 7.98. The van der Waals surface area contributed by atoms with Crippen molar-refractivity contribution >= 4 is 34.2 Å². The molecule has 0 saturated carbocycles. The largest absolute Gasteiger partial charge is 0.399 e. The van der Waals surface area contributed by atoms with Crippen molar-refractivity contribution in [2.24, 2.45) is 0 Å². The quantitative estimate of drug-likeness (QED) is 0.811. The first-order valence-electron chi connectivity index (χ1n) is 5.96. The Morgan fingerprint density at radius 2 is 2.22 bits per heavy atom. The topological polar surface area (TPSA) is 63.8 Å². The average Bonchev–Trinajstić information content (AvgIpc) is 2.36. The number of thioether (sulfide) groups is 1. The normalized spacial score (nSPS) is 12.6. The number of nitrogen functional groups attached to an aromatic ring is 1. The van der Waals surface area contributed by atoms with E-state index < -0.39 is 0 Å².